The van der Waals surface area contributed by atoms with E-state index in [1.54, 1.807) is 11.8 Å². The number of nitrogens with one attached hydrogen (secondary N) is 1. The van der Waals surface area contributed by atoms with E-state index < -0.39 is 12.1 Å². The number of aromatic amines is 1. The molecule has 0 radical (unpaired) electrons. The zero-order chi connectivity index (χ0) is 20.0. The summed E-state index contributed by atoms with van der Waals surface area (Å²) >= 11 is 3.08. The highest BCUT2D eigenvalue weighted by Crippen LogP contribution is 2.19. The maximum Gasteiger partial charge on any atom is 0.490 e. The summed E-state index contributed by atoms with van der Waals surface area (Å²) in [6, 6.07) is 1.81. The molecule has 0 spiro atoms. The van der Waals surface area contributed by atoms with Crippen LogP contribution in [0.1, 0.15) is 12.2 Å². The average molecular weight is 420 g/mol. The van der Waals surface area contributed by atoms with Gasteiger partial charge in [0.05, 0.1) is 5.39 Å². The standard InChI is InChI=1S/C13H14N4OS2.C2HF3O2/c1-9-14-4-6-17(9)5-2-7-20-13-15-11(18)10-3-8-19-12(10)16-13;3-2(4,5)1(6)7/h3-4,6,8H,2,5,7H2,1H3,(H,15,16,18);(H,6,7). The first-order valence-corrected chi connectivity index (χ1v) is 9.43. The molecular weight excluding hydrogens is 405 g/mol. The van der Waals surface area contributed by atoms with Crippen molar-refractivity contribution in [2.45, 2.75) is 31.2 Å². The van der Waals surface area contributed by atoms with Gasteiger partial charge in [0.2, 0.25) is 0 Å². The average Bonchev–Trinajstić information content (AvgIpc) is 3.20. The Bertz CT molecular complexity index is 965. The van der Waals surface area contributed by atoms with Gasteiger partial charge in [-0.1, -0.05) is 11.8 Å². The predicted octanol–water partition coefficient (Wildman–Crippen LogP) is 3.31. The fourth-order valence-electron chi connectivity index (χ4n) is 1.96. The highest BCUT2D eigenvalue weighted by atomic mass is 32.2. The number of carboxylic acids is 1. The lowest BCUT2D eigenvalue weighted by Crippen LogP contribution is -2.21. The fourth-order valence-corrected chi connectivity index (χ4v) is 3.57. The molecule has 0 atom stereocenters. The molecule has 3 aromatic rings. The molecule has 12 heteroatoms. The molecule has 0 aromatic carbocycles. The second-order valence-corrected chi connectivity index (χ2v) is 7.16. The van der Waals surface area contributed by atoms with Crippen LogP contribution < -0.4 is 5.56 Å². The Morgan fingerprint density at radius 1 is 1.44 bits per heavy atom. The Morgan fingerprint density at radius 2 is 2.15 bits per heavy atom. The number of carboxylic acid groups (broad SMARTS) is 1. The number of halogens is 3. The maximum atomic E-state index is 11.8. The van der Waals surface area contributed by atoms with E-state index in [9.17, 15) is 18.0 Å². The molecule has 0 unspecified atom stereocenters. The minimum absolute atomic E-state index is 0.0517. The number of aliphatic carboxylic acids is 1. The molecule has 0 aliphatic heterocycles. The third-order valence-corrected chi connectivity index (χ3v) is 5.03. The summed E-state index contributed by atoms with van der Waals surface area (Å²) in [6.07, 6.45) is -0.280. The Kier molecular flexibility index (Phi) is 7.02. The number of rotatable bonds is 5. The first kappa shape index (κ1) is 21.0. The van der Waals surface area contributed by atoms with Crippen molar-refractivity contribution in [1.29, 1.82) is 0 Å². The third-order valence-electron chi connectivity index (χ3n) is 3.26. The number of hydrogen-bond acceptors (Lipinski definition) is 6. The normalized spacial score (nSPS) is 11.3. The summed E-state index contributed by atoms with van der Waals surface area (Å²) in [7, 11) is 0. The minimum atomic E-state index is -5.08. The Morgan fingerprint density at radius 3 is 2.74 bits per heavy atom. The number of imidazole rings is 1. The van der Waals surface area contributed by atoms with E-state index in [1.807, 2.05) is 30.8 Å². The summed E-state index contributed by atoms with van der Waals surface area (Å²) < 4.78 is 33.9. The van der Waals surface area contributed by atoms with Gasteiger partial charge in [-0.25, -0.2) is 14.8 Å². The second kappa shape index (κ2) is 9.04. The second-order valence-electron chi connectivity index (χ2n) is 5.18. The van der Waals surface area contributed by atoms with Crippen molar-refractivity contribution in [1.82, 2.24) is 19.5 Å². The number of fused-ring (bicyclic) bond motifs is 1. The molecule has 0 saturated heterocycles. The summed E-state index contributed by atoms with van der Waals surface area (Å²) in [4.78, 5) is 33.0. The van der Waals surface area contributed by atoms with Crippen LogP contribution in [-0.2, 0) is 11.3 Å². The van der Waals surface area contributed by atoms with Crippen LogP contribution >= 0.6 is 23.1 Å². The molecule has 7 nitrogen and oxygen atoms in total. The predicted molar refractivity (Wildman–Crippen MR) is 96.2 cm³/mol. The Hall–Kier alpha value is -2.34. The van der Waals surface area contributed by atoms with Crippen LogP contribution in [0.2, 0.25) is 0 Å². The molecule has 3 rings (SSSR count). The van der Waals surface area contributed by atoms with Gasteiger partial charge in [0.1, 0.15) is 10.7 Å². The van der Waals surface area contributed by atoms with Gasteiger partial charge < -0.3 is 14.7 Å². The largest absolute Gasteiger partial charge is 0.490 e. The van der Waals surface area contributed by atoms with Crippen LogP contribution in [0.25, 0.3) is 10.2 Å². The minimum Gasteiger partial charge on any atom is -0.475 e. The first-order chi connectivity index (χ1) is 12.7. The summed E-state index contributed by atoms with van der Waals surface area (Å²) in [5.74, 6) is -0.814. The number of thioether (sulfide) groups is 1. The van der Waals surface area contributed by atoms with Gasteiger partial charge in [0.25, 0.3) is 5.56 Å². The maximum absolute atomic E-state index is 11.8. The van der Waals surface area contributed by atoms with Gasteiger partial charge in [-0.2, -0.15) is 13.2 Å². The van der Waals surface area contributed by atoms with E-state index in [0.717, 1.165) is 29.4 Å². The van der Waals surface area contributed by atoms with Crippen molar-refractivity contribution < 1.29 is 23.1 Å². The van der Waals surface area contributed by atoms with Crippen molar-refractivity contribution in [3.05, 3.63) is 40.0 Å². The smallest absolute Gasteiger partial charge is 0.475 e. The van der Waals surface area contributed by atoms with Crippen molar-refractivity contribution in [3.8, 4) is 0 Å². The molecule has 3 aromatic heterocycles. The van der Waals surface area contributed by atoms with Crippen LogP contribution in [0.15, 0.2) is 33.8 Å². The number of H-pyrrole nitrogens is 1. The van der Waals surface area contributed by atoms with Crippen LogP contribution in [0.5, 0.6) is 0 Å². The fraction of sp³-hybridized carbons (Fsp3) is 0.333. The summed E-state index contributed by atoms with van der Waals surface area (Å²) in [5, 5.41) is 10.4. The van der Waals surface area contributed by atoms with Gasteiger partial charge in [-0.15, -0.1) is 11.3 Å². The molecule has 27 heavy (non-hydrogen) atoms. The number of carbonyl (C=O) groups is 1. The van der Waals surface area contributed by atoms with Gasteiger partial charge >= 0.3 is 12.1 Å². The number of aromatic nitrogens is 4. The van der Waals surface area contributed by atoms with E-state index in [4.69, 9.17) is 9.90 Å². The number of thiophene rings is 1. The number of alkyl halides is 3. The third kappa shape index (κ3) is 6.10. The van der Waals surface area contributed by atoms with E-state index >= 15 is 0 Å². The molecule has 3 heterocycles. The highest BCUT2D eigenvalue weighted by molar-refractivity contribution is 7.99. The van der Waals surface area contributed by atoms with Gasteiger partial charge in [-0.05, 0) is 24.8 Å². The number of hydrogen-bond donors (Lipinski definition) is 2. The highest BCUT2D eigenvalue weighted by Gasteiger charge is 2.38. The van der Waals surface area contributed by atoms with Crippen LogP contribution in [0, 0.1) is 6.92 Å². The van der Waals surface area contributed by atoms with E-state index in [-0.39, 0.29) is 5.56 Å². The van der Waals surface area contributed by atoms with Gasteiger partial charge in [-0.3, -0.25) is 4.79 Å². The monoisotopic (exact) mass is 420 g/mol. The van der Waals surface area contributed by atoms with Crippen molar-refractivity contribution in [2.24, 2.45) is 0 Å². The quantitative estimate of drug-likeness (QED) is 0.373. The van der Waals surface area contributed by atoms with Gasteiger partial charge in [0.15, 0.2) is 5.16 Å². The first-order valence-electron chi connectivity index (χ1n) is 7.56. The Balaban J connectivity index is 0.000000321. The molecular formula is C15H15F3N4O3S2. The van der Waals surface area contributed by atoms with Crippen molar-refractivity contribution in [3.63, 3.8) is 0 Å². The molecule has 146 valence electrons. The molecule has 0 saturated carbocycles. The van der Waals surface area contributed by atoms with E-state index in [0.29, 0.717) is 10.5 Å². The molecule has 0 bridgehead atoms. The van der Waals surface area contributed by atoms with Crippen LogP contribution in [-0.4, -0.2) is 42.5 Å². The molecule has 0 aliphatic carbocycles. The van der Waals surface area contributed by atoms with Crippen LogP contribution in [0.3, 0.4) is 0 Å². The van der Waals surface area contributed by atoms with Crippen LogP contribution in [0.4, 0.5) is 13.2 Å². The molecule has 0 amide bonds. The number of aryl methyl sites for hydroxylation is 2. The van der Waals surface area contributed by atoms with Crippen molar-refractivity contribution in [2.75, 3.05) is 5.75 Å². The van der Waals surface area contributed by atoms with Crippen molar-refractivity contribution >= 4 is 39.3 Å². The SMILES string of the molecule is Cc1nccn1CCCSc1nc2sccc2c(=O)[nH]1.O=C(O)C(F)(F)F. The lowest BCUT2D eigenvalue weighted by Gasteiger charge is -2.04. The Labute approximate surface area is 159 Å². The molecule has 0 aliphatic rings. The summed E-state index contributed by atoms with van der Waals surface area (Å²) in [5.41, 5.74) is -0.0517. The summed E-state index contributed by atoms with van der Waals surface area (Å²) in [6.45, 7) is 2.93. The lowest BCUT2D eigenvalue weighted by atomic mass is 10.4. The zero-order valence-electron chi connectivity index (χ0n) is 14.0. The zero-order valence-corrected chi connectivity index (χ0v) is 15.6. The van der Waals surface area contributed by atoms with E-state index in [1.165, 1.54) is 11.3 Å². The molecule has 2 N–H and O–H groups in total. The molecule has 0 fully saturated rings. The van der Waals surface area contributed by atoms with Gasteiger partial charge in [0, 0.05) is 24.7 Å². The topological polar surface area (TPSA) is 101 Å². The van der Waals surface area contributed by atoms with E-state index in [2.05, 4.69) is 19.5 Å². The number of nitrogens with zero attached hydrogens (tertiary/aromatic N) is 3. The lowest BCUT2D eigenvalue weighted by molar-refractivity contribution is -0.192.